The maximum absolute atomic E-state index is 6.36. The Balaban J connectivity index is 1.79. The monoisotopic (exact) mass is 315 g/mol. The van der Waals surface area contributed by atoms with Gasteiger partial charge in [-0.3, -0.25) is 0 Å². The Hall–Kier alpha value is -0.130. The van der Waals surface area contributed by atoms with E-state index in [0.29, 0.717) is 12.0 Å². The molecular weight excluding hydrogens is 294 g/mol. The lowest BCUT2D eigenvalue weighted by Crippen LogP contribution is -2.44. The Morgan fingerprint density at radius 2 is 2.45 bits per heavy atom. The summed E-state index contributed by atoms with van der Waals surface area (Å²) in [5.74, 6) is 0.571. The average molecular weight is 316 g/mol. The molecule has 3 nitrogen and oxygen atoms in total. The van der Waals surface area contributed by atoms with Crippen molar-refractivity contribution in [2.24, 2.45) is 5.92 Å². The summed E-state index contributed by atoms with van der Waals surface area (Å²) in [5, 5.41) is 6.60. The highest BCUT2D eigenvalue weighted by Crippen LogP contribution is 2.43. The number of ether oxygens (including phenoxy) is 2. The van der Waals surface area contributed by atoms with E-state index in [1.54, 1.807) is 11.3 Å². The van der Waals surface area contributed by atoms with Crippen molar-refractivity contribution in [2.45, 2.75) is 37.8 Å². The molecule has 5 heteroatoms. The molecule has 0 amide bonds. The number of rotatable bonds is 4. The Morgan fingerprint density at radius 3 is 3.10 bits per heavy atom. The fourth-order valence-corrected chi connectivity index (χ4v) is 4.78. The molecule has 0 bridgehead atoms. The van der Waals surface area contributed by atoms with Gasteiger partial charge in [0.1, 0.15) is 0 Å². The first-order valence-corrected chi connectivity index (χ1v) is 8.68. The van der Waals surface area contributed by atoms with Gasteiger partial charge in [0.05, 0.1) is 17.2 Å². The third-order valence-corrected chi connectivity index (χ3v) is 5.86. The maximum atomic E-state index is 6.36. The van der Waals surface area contributed by atoms with Crippen molar-refractivity contribution in [3.8, 4) is 0 Å². The fourth-order valence-electron chi connectivity index (χ4n) is 3.43. The van der Waals surface area contributed by atoms with Crippen LogP contribution in [0.3, 0.4) is 0 Å². The van der Waals surface area contributed by atoms with Crippen LogP contribution in [0, 0.1) is 5.92 Å². The minimum atomic E-state index is -0.0413. The van der Waals surface area contributed by atoms with Crippen LogP contribution in [0.5, 0.6) is 0 Å². The van der Waals surface area contributed by atoms with Crippen molar-refractivity contribution in [1.29, 1.82) is 0 Å². The van der Waals surface area contributed by atoms with Gasteiger partial charge >= 0.3 is 0 Å². The minimum absolute atomic E-state index is 0.0413. The lowest BCUT2D eigenvalue weighted by Gasteiger charge is -2.40. The molecule has 2 saturated heterocycles. The molecule has 3 heterocycles. The first-order chi connectivity index (χ1) is 9.74. The highest BCUT2D eigenvalue weighted by atomic mass is 35.5. The SMILES string of the molecule is CCNC(c1sccc1Cl)C1CCOC2(CCOC2)C1. The fraction of sp³-hybridized carbons (Fsp3) is 0.733. The topological polar surface area (TPSA) is 30.5 Å². The third-order valence-electron chi connectivity index (χ3n) is 4.42. The lowest BCUT2D eigenvalue weighted by molar-refractivity contribution is -0.103. The lowest BCUT2D eigenvalue weighted by atomic mass is 9.80. The molecule has 2 fully saturated rings. The van der Waals surface area contributed by atoms with Gasteiger partial charge < -0.3 is 14.8 Å². The van der Waals surface area contributed by atoms with Crippen molar-refractivity contribution in [1.82, 2.24) is 5.32 Å². The molecule has 112 valence electrons. The number of hydrogen-bond acceptors (Lipinski definition) is 4. The molecule has 3 atom stereocenters. The zero-order valence-corrected chi connectivity index (χ0v) is 13.4. The highest BCUT2D eigenvalue weighted by molar-refractivity contribution is 7.10. The molecule has 1 N–H and O–H groups in total. The van der Waals surface area contributed by atoms with E-state index in [0.717, 1.165) is 50.7 Å². The van der Waals surface area contributed by atoms with Crippen LogP contribution in [0.15, 0.2) is 11.4 Å². The summed E-state index contributed by atoms with van der Waals surface area (Å²) in [4.78, 5) is 1.27. The second kappa shape index (κ2) is 6.32. The normalized spacial score (nSPS) is 31.8. The molecule has 1 aromatic heterocycles. The molecular formula is C15H22ClNO2S. The summed E-state index contributed by atoms with van der Waals surface area (Å²) >= 11 is 8.11. The van der Waals surface area contributed by atoms with Crippen molar-refractivity contribution < 1.29 is 9.47 Å². The number of thiophene rings is 1. The Labute approximate surface area is 129 Å². The van der Waals surface area contributed by atoms with Gasteiger partial charge in [0.15, 0.2) is 0 Å². The van der Waals surface area contributed by atoms with Crippen molar-refractivity contribution >= 4 is 22.9 Å². The van der Waals surface area contributed by atoms with Gasteiger partial charge in [0.2, 0.25) is 0 Å². The van der Waals surface area contributed by atoms with Crippen LogP contribution in [0.1, 0.15) is 37.1 Å². The van der Waals surface area contributed by atoms with Crippen LogP contribution in [0.4, 0.5) is 0 Å². The number of hydrogen-bond donors (Lipinski definition) is 1. The molecule has 0 saturated carbocycles. The third kappa shape index (κ3) is 2.90. The predicted molar refractivity (Wildman–Crippen MR) is 82.6 cm³/mol. The Bertz CT molecular complexity index is 445. The van der Waals surface area contributed by atoms with Crippen molar-refractivity contribution in [3.05, 3.63) is 21.3 Å². The zero-order valence-electron chi connectivity index (χ0n) is 11.9. The van der Waals surface area contributed by atoms with Crippen molar-refractivity contribution in [3.63, 3.8) is 0 Å². The van der Waals surface area contributed by atoms with Gasteiger partial charge in [-0.2, -0.15) is 0 Å². The molecule has 0 aromatic carbocycles. The average Bonchev–Trinajstić information content (AvgIpc) is 3.06. The van der Waals surface area contributed by atoms with Crippen LogP contribution < -0.4 is 5.32 Å². The van der Waals surface area contributed by atoms with E-state index in [9.17, 15) is 0 Å². The quantitative estimate of drug-likeness (QED) is 0.920. The van der Waals surface area contributed by atoms with Crippen LogP contribution in [-0.4, -0.2) is 32.0 Å². The highest BCUT2D eigenvalue weighted by Gasteiger charge is 2.43. The molecule has 2 aliphatic heterocycles. The second-order valence-corrected chi connectivity index (χ2v) is 7.11. The molecule has 0 radical (unpaired) electrons. The standard InChI is InChI=1S/C15H22ClNO2S/c1-2-17-13(14-12(16)4-8-20-14)11-3-6-19-15(9-11)5-7-18-10-15/h4,8,11,13,17H,2-3,5-7,9-10H2,1H3. The molecule has 0 aliphatic carbocycles. The molecule has 3 unspecified atom stereocenters. The van der Waals surface area contributed by atoms with E-state index < -0.39 is 0 Å². The van der Waals surface area contributed by atoms with Gasteiger partial charge in [-0.25, -0.2) is 0 Å². The van der Waals surface area contributed by atoms with E-state index in [4.69, 9.17) is 21.1 Å². The van der Waals surface area contributed by atoms with Crippen LogP contribution in [-0.2, 0) is 9.47 Å². The summed E-state index contributed by atoms with van der Waals surface area (Å²) in [5.41, 5.74) is -0.0413. The smallest absolute Gasteiger partial charge is 0.0940 e. The van der Waals surface area contributed by atoms with Crippen LogP contribution in [0.25, 0.3) is 0 Å². The predicted octanol–water partition coefficient (Wildman–Crippen LogP) is 3.64. The van der Waals surface area contributed by atoms with Gasteiger partial charge in [0.25, 0.3) is 0 Å². The van der Waals surface area contributed by atoms with E-state index in [1.807, 2.05) is 6.07 Å². The number of nitrogens with one attached hydrogen (secondary N) is 1. The van der Waals surface area contributed by atoms with E-state index in [1.165, 1.54) is 4.88 Å². The van der Waals surface area contributed by atoms with Gasteiger partial charge in [-0.1, -0.05) is 18.5 Å². The first-order valence-electron chi connectivity index (χ1n) is 7.42. The van der Waals surface area contributed by atoms with Crippen molar-refractivity contribution in [2.75, 3.05) is 26.4 Å². The van der Waals surface area contributed by atoms with E-state index >= 15 is 0 Å². The minimum Gasteiger partial charge on any atom is -0.378 e. The molecule has 1 spiro atoms. The van der Waals surface area contributed by atoms with Crippen LogP contribution >= 0.6 is 22.9 Å². The molecule has 2 aliphatic rings. The molecule has 3 rings (SSSR count). The first kappa shape index (κ1) is 14.8. The molecule has 1 aromatic rings. The Kier molecular flexibility index (Phi) is 4.68. The molecule has 20 heavy (non-hydrogen) atoms. The zero-order chi connectivity index (χ0) is 14.0. The maximum Gasteiger partial charge on any atom is 0.0940 e. The summed E-state index contributed by atoms with van der Waals surface area (Å²) in [6, 6.07) is 2.34. The largest absolute Gasteiger partial charge is 0.378 e. The van der Waals surface area contributed by atoms with Gasteiger partial charge in [-0.05, 0) is 36.8 Å². The van der Waals surface area contributed by atoms with E-state index in [-0.39, 0.29) is 5.60 Å². The summed E-state index contributed by atoms with van der Waals surface area (Å²) in [7, 11) is 0. The van der Waals surface area contributed by atoms with Gasteiger partial charge in [0, 0.05) is 30.6 Å². The summed E-state index contributed by atoms with van der Waals surface area (Å²) in [6.07, 6.45) is 3.19. The second-order valence-electron chi connectivity index (χ2n) is 5.76. The Morgan fingerprint density at radius 1 is 1.55 bits per heavy atom. The summed E-state index contributed by atoms with van der Waals surface area (Å²) < 4.78 is 11.6. The van der Waals surface area contributed by atoms with Gasteiger partial charge in [-0.15, -0.1) is 11.3 Å². The number of halogens is 1. The van der Waals surface area contributed by atoms with Crippen LogP contribution in [0.2, 0.25) is 5.02 Å². The summed E-state index contributed by atoms with van der Waals surface area (Å²) in [6.45, 7) is 5.53. The van der Waals surface area contributed by atoms with E-state index in [2.05, 4.69) is 17.6 Å².